The highest BCUT2D eigenvalue weighted by atomic mass is 16.5. The van der Waals surface area contributed by atoms with Crippen LogP contribution in [0.2, 0.25) is 0 Å². The monoisotopic (exact) mass is 382 g/mol. The molecular formula is C21H22N2O5. The number of nitrogens with one attached hydrogen (secondary N) is 1. The number of esters is 1. The Morgan fingerprint density at radius 3 is 2.46 bits per heavy atom. The van der Waals surface area contributed by atoms with Gasteiger partial charge in [0.2, 0.25) is 0 Å². The van der Waals surface area contributed by atoms with Gasteiger partial charge in [0.15, 0.2) is 6.10 Å². The van der Waals surface area contributed by atoms with Gasteiger partial charge in [-0.1, -0.05) is 12.1 Å². The van der Waals surface area contributed by atoms with Crippen LogP contribution in [0.25, 0.3) is 0 Å². The Bertz CT molecular complexity index is 843. The number of nitrogens with zero attached hydrogens (tertiary/aromatic N) is 1. The molecule has 7 nitrogen and oxygen atoms in total. The van der Waals surface area contributed by atoms with Crippen molar-refractivity contribution in [1.29, 1.82) is 5.26 Å². The molecule has 0 aromatic heterocycles. The first-order valence-corrected chi connectivity index (χ1v) is 8.80. The fourth-order valence-corrected chi connectivity index (χ4v) is 2.31. The van der Waals surface area contributed by atoms with Gasteiger partial charge in [-0.3, -0.25) is 9.59 Å². The number of anilines is 1. The Balaban J connectivity index is 1.71. The van der Waals surface area contributed by atoms with Crippen LogP contribution in [0, 0.1) is 11.3 Å². The SMILES string of the molecule is COc1ccc(OCCCC(=O)O[C@H](C)C(=O)Nc2ccccc2C#N)cc1. The molecule has 0 heterocycles. The smallest absolute Gasteiger partial charge is 0.306 e. The molecule has 0 unspecified atom stereocenters. The molecule has 0 saturated heterocycles. The molecule has 2 aromatic carbocycles. The van der Waals surface area contributed by atoms with E-state index < -0.39 is 18.0 Å². The first-order chi connectivity index (χ1) is 13.5. The van der Waals surface area contributed by atoms with Gasteiger partial charge in [0.05, 0.1) is 25.0 Å². The zero-order valence-electron chi connectivity index (χ0n) is 15.8. The van der Waals surface area contributed by atoms with Gasteiger partial charge in [-0.15, -0.1) is 0 Å². The third kappa shape index (κ3) is 6.32. The van der Waals surface area contributed by atoms with E-state index in [4.69, 9.17) is 19.5 Å². The molecule has 1 amide bonds. The molecule has 2 rings (SSSR count). The molecule has 0 radical (unpaired) electrons. The summed E-state index contributed by atoms with van der Waals surface area (Å²) < 4.78 is 15.7. The van der Waals surface area contributed by atoms with Crippen molar-refractivity contribution < 1.29 is 23.8 Å². The predicted molar refractivity (Wildman–Crippen MR) is 103 cm³/mol. The molecule has 1 atom stereocenters. The third-order valence-electron chi connectivity index (χ3n) is 3.84. The lowest BCUT2D eigenvalue weighted by molar-refractivity contribution is -0.153. The number of para-hydroxylation sites is 1. The van der Waals surface area contributed by atoms with Crippen LogP contribution in [0.1, 0.15) is 25.3 Å². The van der Waals surface area contributed by atoms with Gasteiger partial charge in [-0.05, 0) is 49.7 Å². The Hall–Kier alpha value is -3.53. The fraction of sp³-hybridized carbons (Fsp3) is 0.286. The molecule has 1 N–H and O–H groups in total. The lowest BCUT2D eigenvalue weighted by atomic mass is 10.2. The Morgan fingerprint density at radius 1 is 1.11 bits per heavy atom. The summed E-state index contributed by atoms with van der Waals surface area (Å²) in [5.41, 5.74) is 0.718. The number of hydrogen-bond donors (Lipinski definition) is 1. The molecule has 0 fully saturated rings. The minimum atomic E-state index is -0.971. The lowest BCUT2D eigenvalue weighted by Gasteiger charge is -2.14. The maximum Gasteiger partial charge on any atom is 0.306 e. The van der Waals surface area contributed by atoms with Crippen LogP contribution in [0.3, 0.4) is 0 Å². The number of carbonyl (C=O) groups excluding carboxylic acids is 2. The molecule has 146 valence electrons. The van der Waals surface area contributed by atoms with E-state index in [1.165, 1.54) is 6.92 Å². The second-order valence-electron chi connectivity index (χ2n) is 5.91. The number of methoxy groups -OCH3 is 1. The molecule has 0 aliphatic carbocycles. The molecular weight excluding hydrogens is 360 g/mol. The van der Waals surface area contributed by atoms with Crippen LogP contribution < -0.4 is 14.8 Å². The van der Waals surface area contributed by atoms with Crippen molar-refractivity contribution >= 4 is 17.6 Å². The topological polar surface area (TPSA) is 97.7 Å². The number of rotatable bonds is 9. The van der Waals surface area contributed by atoms with Crippen molar-refractivity contribution in [2.24, 2.45) is 0 Å². The summed E-state index contributed by atoms with van der Waals surface area (Å²) in [6.45, 7) is 1.83. The largest absolute Gasteiger partial charge is 0.497 e. The highest BCUT2D eigenvalue weighted by Crippen LogP contribution is 2.17. The number of carbonyl (C=O) groups is 2. The van der Waals surface area contributed by atoms with Crippen molar-refractivity contribution in [3.8, 4) is 17.6 Å². The van der Waals surface area contributed by atoms with Crippen LogP contribution in [0.5, 0.6) is 11.5 Å². The molecule has 0 spiro atoms. The summed E-state index contributed by atoms with van der Waals surface area (Å²) in [6, 6.07) is 15.7. The fourth-order valence-electron chi connectivity index (χ4n) is 2.31. The van der Waals surface area contributed by atoms with E-state index in [9.17, 15) is 9.59 Å². The molecule has 7 heteroatoms. The number of ether oxygens (including phenoxy) is 3. The van der Waals surface area contributed by atoms with E-state index in [1.807, 2.05) is 6.07 Å². The summed E-state index contributed by atoms with van der Waals surface area (Å²) in [6.07, 6.45) is -0.388. The van der Waals surface area contributed by atoms with E-state index in [1.54, 1.807) is 55.6 Å². The number of benzene rings is 2. The van der Waals surface area contributed by atoms with E-state index in [0.29, 0.717) is 30.0 Å². The standard InChI is InChI=1S/C21H22N2O5/c1-15(21(25)23-19-7-4-3-6-16(19)14-22)28-20(24)8-5-13-27-18-11-9-17(26-2)10-12-18/h3-4,6-7,9-12,15H,5,8,13H2,1-2H3,(H,23,25)/t15-/m1/s1. The Labute approximate surface area is 163 Å². The van der Waals surface area contributed by atoms with E-state index in [0.717, 1.165) is 5.75 Å². The summed E-state index contributed by atoms with van der Waals surface area (Å²) in [5, 5.41) is 11.6. The highest BCUT2D eigenvalue weighted by Gasteiger charge is 2.18. The van der Waals surface area contributed by atoms with Gasteiger partial charge >= 0.3 is 5.97 Å². The van der Waals surface area contributed by atoms with Crippen LogP contribution in [0.15, 0.2) is 48.5 Å². The number of amides is 1. The van der Waals surface area contributed by atoms with Crippen LogP contribution in [-0.2, 0) is 14.3 Å². The van der Waals surface area contributed by atoms with Crippen LogP contribution in [-0.4, -0.2) is 31.7 Å². The van der Waals surface area contributed by atoms with Gasteiger partial charge in [-0.25, -0.2) is 0 Å². The quantitative estimate of drug-likeness (QED) is 0.528. The van der Waals surface area contributed by atoms with Gasteiger partial charge in [-0.2, -0.15) is 5.26 Å². The summed E-state index contributed by atoms with van der Waals surface area (Å²) in [7, 11) is 1.59. The van der Waals surface area contributed by atoms with Gasteiger partial charge < -0.3 is 19.5 Å². The predicted octanol–water partition coefficient (Wildman–Crippen LogP) is 3.30. The Kier molecular flexibility index (Phi) is 7.85. The first kappa shape index (κ1) is 20.8. The molecule has 28 heavy (non-hydrogen) atoms. The van der Waals surface area contributed by atoms with Crippen molar-refractivity contribution in [1.82, 2.24) is 0 Å². The molecule has 0 saturated carbocycles. The average molecular weight is 382 g/mol. The average Bonchev–Trinajstić information content (AvgIpc) is 2.72. The summed E-state index contributed by atoms with van der Waals surface area (Å²) in [4.78, 5) is 24.1. The van der Waals surface area contributed by atoms with E-state index in [-0.39, 0.29) is 6.42 Å². The molecule has 0 aliphatic rings. The van der Waals surface area contributed by atoms with E-state index in [2.05, 4.69) is 5.32 Å². The minimum absolute atomic E-state index is 0.128. The van der Waals surface area contributed by atoms with Gasteiger partial charge in [0.1, 0.15) is 17.6 Å². The zero-order chi connectivity index (χ0) is 20.4. The molecule has 0 bridgehead atoms. The van der Waals surface area contributed by atoms with Crippen molar-refractivity contribution in [3.05, 3.63) is 54.1 Å². The second-order valence-corrected chi connectivity index (χ2v) is 5.91. The minimum Gasteiger partial charge on any atom is -0.497 e. The van der Waals surface area contributed by atoms with Crippen molar-refractivity contribution in [2.75, 3.05) is 19.0 Å². The van der Waals surface area contributed by atoms with Gasteiger partial charge in [0.25, 0.3) is 5.91 Å². The summed E-state index contributed by atoms with van der Waals surface area (Å²) in [5.74, 6) is 0.429. The lowest BCUT2D eigenvalue weighted by Crippen LogP contribution is -2.30. The Morgan fingerprint density at radius 2 is 1.79 bits per heavy atom. The molecule has 0 aliphatic heterocycles. The zero-order valence-corrected chi connectivity index (χ0v) is 15.8. The van der Waals surface area contributed by atoms with Crippen molar-refractivity contribution in [2.45, 2.75) is 25.9 Å². The van der Waals surface area contributed by atoms with E-state index >= 15 is 0 Å². The second kappa shape index (κ2) is 10.6. The maximum atomic E-state index is 12.2. The third-order valence-corrected chi connectivity index (χ3v) is 3.84. The highest BCUT2D eigenvalue weighted by molar-refractivity contribution is 5.96. The normalized spacial score (nSPS) is 11.0. The number of hydrogen-bond acceptors (Lipinski definition) is 6. The van der Waals surface area contributed by atoms with Crippen LogP contribution in [0.4, 0.5) is 5.69 Å². The molecule has 2 aromatic rings. The number of nitriles is 1. The van der Waals surface area contributed by atoms with Crippen LogP contribution >= 0.6 is 0 Å². The van der Waals surface area contributed by atoms with Crippen molar-refractivity contribution in [3.63, 3.8) is 0 Å². The summed E-state index contributed by atoms with van der Waals surface area (Å²) >= 11 is 0. The maximum absolute atomic E-state index is 12.2. The first-order valence-electron chi connectivity index (χ1n) is 8.80. The van der Waals surface area contributed by atoms with Gasteiger partial charge in [0, 0.05) is 6.42 Å².